The summed E-state index contributed by atoms with van der Waals surface area (Å²) in [5, 5.41) is 0. The van der Waals surface area contributed by atoms with Crippen LogP contribution in [0.1, 0.15) is 45.6 Å². The summed E-state index contributed by atoms with van der Waals surface area (Å²) in [7, 11) is 0. The lowest BCUT2D eigenvalue weighted by atomic mass is 10.1. The van der Waals surface area contributed by atoms with Gasteiger partial charge in [0, 0.05) is 24.2 Å². The Bertz CT molecular complexity index is 322. The molecule has 1 rings (SSSR count). The second-order valence-corrected chi connectivity index (χ2v) is 5.02. The van der Waals surface area contributed by atoms with E-state index in [0.717, 1.165) is 6.54 Å². The minimum absolute atomic E-state index is 0.524. The Hall–Kier alpha value is -0.690. The summed E-state index contributed by atoms with van der Waals surface area (Å²) in [5.41, 5.74) is 2.54. The van der Waals surface area contributed by atoms with Gasteiger partial charge in [0.1, 0.15) is 0 Å². The number of hydrogen-bond donors (Lipinski definition) is 0. The van der Waals surface area contributed by atoms with Crippen LogP contribution < -0.4 is 4.90 Å². The van der Waals surface area contributed by atoms with Gasteiger partial charge in [-0.25, -0.2) is 0 Å². The van der Waals surface area contributed by atoms with E-state index < -0.39 is 0 Å². The number of halogens is 1. The van der Waals surface area contributed by atoms with Crippen LogP contribution in [0.5, 0.6) is 0 Å². The van der Waals surface area contributed by atoms with E-state index in [4.69, 9.17) is 11.6 Å². The molecule has 0 bridgehead atoms. The zero-order valence-corrected chi connectivity index (χ0v) is 12.0. The van der Waals surface area contributed by atoms with Gasteiger partial charge in [0.25, 0.3) is 0 Å². The largest absolute Gasteiger partial charge is 0.369 e. The number of rotatable bonds is 7. The topological polar surface area (TPSA) is 3.24 Å². The monoisotopic (exact) mass is 253 g/mol. The molecule has 0 amide bonds. The maximum absolute atomic E-state index is 6.02. The zero-order chi connectivity index (χ0) is 12.7. The number of alkyl halides is 1. The van der Waals surface area contributed by atoms with Crippen molar-refractivity contribution in [3.63, 3.8) is 0 Å². The first kappa shape index (κ1) is 14.4. The number of hydrogen-bond acceptors (Lipinski definition) is 1. The number of para-hydroxylation sites is 1. The first-order valence-electron chi connectivity index (χ1n) is 6.61. The van der Waals surface area contributed by atoms with Gasteiger partial charge in [-0.3, -0.25) is 0 Å². The Morgan fingerprint density at radius 1 is 1.18 bits per heavy atom. The molecule has 0 heterocycles. The van der Waals surface area contributed by atoms with Gasteiger partial charge in [0.2, 0.25) is 0 Å². The van der Waals surface area contributed by atoms with Crippen LogP contribution in [0, 0.1) is 0 Å². The Labute approximate surface area is 111 Å². The molecule has 0 saturated heterocycles. The fraction of sp³-hybridized carbons (Fsp3) is 0.600. The van der Waals surface area contributed by atoms with Crippen LogP contribution in [-0.4, -0.2) is 12.6 Å². The fourth-order valence-electron chi connectivity index (χ4n) is 2.09. The van der Waals surface area contributed by atoms with Gasteiger partial charge in [-0.2, -0.15) is 0 Å². The quantitative estimate of drug-likeness (QED) is 0.497. The van der Waals surface area contributed by atoms with Crippen molar-refractivity contribution in [3.05, 3.63) is 29.8 Å². The van der Waals surface area contributed by atoms with E-state index in [1.165, 1.54) is 30.5 Å². The average Bonchev–Trinajstić information content (AvgIpc) is 2.34. The summed E-state index contributed by atoms with van der Waals surface area (Å²) >= 11 is 6.02. The van der Waals surface area contributed by atoms with Crippen LogP contribution in [0.2, 0.25) is 0 Å². The number of anilines is 1. The van der Waals surface area contributed by atoms with Crippen molar-refractivity contribution in [2.75, 3.05) is 11.4 Å². The smallest absolute Gasteiger partial charge is 0.0494 e. The molecular formula is C15H24ClN. The molecule has 0 unspecified atom stereocenters. The minimum atomic E-state index is 0.524. The number of nitrogens with zero attached hydrogens (tertiary/aromatic N) is 1. The molecule has 0 fully saturated rings. The van der Waals surface area contributed by atoms with Crippen molar-refractivity contribution in [1.29, 1.82) is 0 Å². The van der Waals surface area contributed by atoms with Gasteiger partial charge in [-0.1, -0.05) is 38.0 Å². The molecule has 1 aromatic carbocycles. The van der Waals surface area contributed by atoms with E-state index in [2.05, 4.69) is 49.9 Å². The molecule has 0 radical (unpaired) electrons. The van der Waals surface area contributed by atoms with Gasteiger partial charge >= 0.3 is 0 Å². The van der Waals surface area contributed by atoms with E-state index in [1.807, 2.05) is 0 Å². The highest BCUT2D eigenvalue weighted by Crippen LogP contribution is 2.24. The Morgan fingerprint density at radius 2 is 1.88 bits per heavy atom. The minimum Gasteiger partial charge on any atom is -0.369 e. The molecule has 17 heavy (non-hydrogen) atoms. The molecule has 0 aliphatic rings. The summed E-state index contributed by atoms with van der Waals surface area (Å²) in [6, 6.07) is 8.99. The average molecular weight is 254 g/mol. The second kappa shape index (κ2) is 7.60. The van der Waals surface area contributed by atoms with Crippen molar-refractivity contribution in [3.8, 4) is 0 Å². The van der Waals surface area contributed by atoms with Gasteiger partial charge in [0.05, 0.1) is 0 Å². The Balaban J connectivity index is 2.81. The summed E-state index contributed by atoms with van der Waals surface area (Å²) in [4.78, 5) is 2.47. The summed E-state index contributed by atoms with van der Waals surface area (Å²) in [6.45, 7) is 7.86. The third kappa shape index (κ3) is 4.23. The van der Waals surface area contributed by atoms with Crippen LogP contribution in [0.15, 0.2) is 24.3 Å². The summed E-state index contributed by atoms with van der Waals surface area (Å²) in [6.07, 6.45) is 3.82. The molecule has 96 valence electrons. The molecular weight excluding hydrogens is 230 g/mol. The lowest BCUT2D eigenvalue weighted by Crippen LogP contribution is -2.32. The van der Waals surface area contributed by atoms with Crippen LogP contribution in [0.25, 0.3) is 0 Å². The molecule has 0 N–H and O–H groups in total. The van der Waals surface area contributed by atoms with Crippen molar-refractivity contribution in [2.45, 2.75) is 52.0 Å². The Morgan fingerprint density at radius 3 is 2.47 bits per heavy atom. The highest BCUT2D eigenvalue weighted by atomic mass is 35.5. The fourth-order valence-corrected chi connectivity index (χ4v) is 2.32. The summed E-state index contributed by atoms with van der Waals surface area (Å²) in [5.74, 6) is 0.590. The highest BCUT2D eigenvalue weighted by Gasteiger charge is 2.12. The van der Waals surface area contributed by atoms with E-state index >= 15 is 0 Å². The molecule has 0 aromatic heterocycles. The summed E-state index contributed by atoms with van der Waals surface area (Å²) < 4.78 is 0. The molecule has 0 saturated carbocycles. The molecule has 2 heteroatoms. The second-order valence-electron chi connectivity index (χ2n) is 4.76. The molecule has 0 aliphatic heterocycles. The van der Waals surface area contributed by atoms with E-state index in [0.29, 0.717) is 11.9 Å². The van der Waals surface area contributed by atoms with E-state index in [1.54, 1.807) is 0 Å². The number of benzene rings is 1. The van der Waals surface area contributed by atoms with Gasteiger partial charge in [-0.15, -0.1) is 11.6 Å². The van der Waals surface area contributed by atoms with Crippen LogP contribution in [-0.2, 0) is 5.88 Å². The maximum Gasteiger partial charge on any atom is 0.0494 e. The maximum atomic E-state index is 6.02. The standard InChI is InChI=1S/C15H24ClN/c1-4-5-8-11-17(13(2)3)15-10-7-6-9-14(15)12-16/h6-7,9-10,13H,4-5,8,11-12H2,1-3H3. The highest BCUT2D eigenvalue weighted by molar-refractivity contribution is 6.17. The predicted molar refractivity (Wildman–Crippen MR) is 78.0 cm³/mol. The lowest BCUT2D eigenvalue weighted by molar-refractivity contribution is 0.624. The number of unbranched alkanes of at least 4 members (excludes halogenated alkanes) is 2. The molecule has 0 spiro atoms. The Kier molecular flexibility index (Phi) is 6.43. The van der Waals surface area contributed by atoms with Crippen LogP contribution in [0.4, 0.5) is 5.69 Å². The van der Waals surface area contributed by atoms with Crippen molar-refractivity contribution < 1.29 is 0 Å². The van der Waals surface area contributed by atoms with Gasteiger partial charge in [0.15, 0.2) is 0 Å². The van der Waals surface area contributed by atoms with E-state index in [9.17, 15) is 0 Å². The van der Waals surface area contributed by atoms with Crippen molar-refractivity contribution in [1.82, 2.24) is 0 Å². The molecule has 0 atom stereocenters. The molecule has 1 aromatic rings. The zero-order valence-electron chi connectivity index (χ0n) is 11.2. The van der Waals surface area contributed by atoms with Crippen molar-refractivity contribution in [2.24, 2.45) is 0 Å². The SMILES string of the molecule is CCCCCN(c1ccccc1CCl)C(C)C. The predicted octanol–water partition coefficient (Wildman–Crippen LogP) is 4.83. The third-order valence-corrected chi connectivity index (χ3v) is 3.36. The van der Waals surface area contributed by atoms with Crippen LogP contribution in [0.3, 0.4) is 0 Å². The van der Waals surface area contributed by atoms with E-state index in [-0.39, 0.29) is 0 Å². The van der Waals surface area contributed by atoms with Gasteiger partial charge < -0.3 is 4.90 Å². The molecule has 1 nitrogen and oxygen atoms in total. The van der Waals surface area contributed by atoms with Crippen LogP contribution >= 0.6 is 11.6 Å². The van der Waals surface area contributed by atoms with Crippen molar-refractivity contribution >= 4 is 17.3 Å². The first-order valence-corrected chi connectivity index (χ1v) is 7.14. The lowest BCUT2D eigenvalue weighted by Gasteiger charge is -2.30. The normalized spacial score (nSPS) is 10.9. The molecule has 0 aliphatic carbocycles. The third-order valence-electron chi connectivity index (χ3n) is 3.07. The van der Waals surface area contributed by atoms with Gasteiger partial charge in [-0.05, 0) is 31.9 Å². The first-order chi connectivity index (χ1) is 8.20.